The molecule has 104 valence electrons. The van der Waals surface area contributed by atoms with Crippen LogP contribution in [0.2, 0.25) is 0 Å². The quantitative estimate of drug-likeness (QED) is 0.823. The molecule has 1 aromatic heterocycles. The summed E-state index contributed by atoms with van der Waals surface area (Å²) in [7, 11) is 0. The number of carbonyl (C=O) groups excluding carboxylic acids is 2. The number of nitrogens with one attached hydrogen (secondary N) is 1. The molecule has 0 aliphatic rings. The molecule has 1 amide bonds. The lowest BCUT2D eigenvalue weighted by molar-refractivity contribution is -0.255. The SMILES string of the molecule is CCNC(=O)c1ccc(-n2nnc(C(=O)[O-])c2C)cc1. The first-order chi connectivity index (χ1) is 9.54. The molecule has 20 heavy (non-hydrogen) atoms. The Bertz CT molecular complexity index is 646. The Balaban J connectivity index is 2.31. The second kappa shape index (κ2) is 5.52. The van der Waals surface area contributed by atoms with Crippen LogP contribution in [0.5, 0.6) is 0 Å². The Morgan fingerprint density at radius 3 is 2.45 bits per heavy atom. The fourth-order valence-corrected chi connectivity index (χ4v) is 1.78. The molecule has 0 fully saturated rings. The van der Waals surface area contributed by atoms with E-state index in [1.165, 1.54) is 4.68 Å². The van der Waals surface area contributed by atoms with E-state index in [0.29, 0.717) is 23.5 Å². The van der Waals surface area contributed by atoms with Gasteiger partial charge in [0, 0.05) is 12.1 Å². The molecule has 1 heterocycles. The predicted molar refractivity (Wildman–Crippen MR) is 68.4 cm³/mol. The molecule has 0 bridgehead atoms. The summed E-state index contributed by atoms with van der Waals surface area (Å²) in [6.45, 7) is 3.98. The van der Waals surface area contributed by atoms with Gasteiger partial charge in [0.2, 0.25) is 0 Å². The van der Waals surface area contributed by atoms with Gasteiger partial charge in [-0.1, -0.05) is 5.21 Å². The van der Waals surface area contributed by atoms with Crippen molar-refractivity contribution in [3.63, 3.8) is 0 Å². The third-order valence-corrected chi connectivity index (χ3v) is 2.80. The third kappa shape index (κ3) is 2.51. The highest BCUT2D eigenvalue weighted by Gasteiger charge is 2.11. The van der Waals surface area contributed by atoms with Crippen LogP contribution in [0, 0.1) is 6.92 Å². The first-order valence-corrected chi connectivity index (χ1v) is 6.07. The first-order valence-electron chi connectivity index (χ1n) is 6.07. The zero-order valence-electron chi connectivity index (χ0n) is 11.1. The van der Waals surface area contributed by atoms with Crippen molar-refractivity contribution in [1.29, 1.82) is 0 Å². The molecule has 1 N–H and O–H groups in total. The summed E-state index contributed by atoms with van der Waals surface area (Å²) in [6, 6.07) is 6.62. The maximum atomic E-state index is 11.6. The van der Waals surface area contributed by atoms with Gasteiger partial charge in [-0.05, 0) is 38.1 Å². The summed E-state index contributed by atoms with van der Waals surface area (Å²) in [5, 5.41) is 20.8. The highest BCUT2D eigenvalue weighted by molar-refractivity contribution is 5.94. The average Bonchev–Trinajstić information content (AvgIpc) is 2.81. The molecule has 1 aromatic carbocycles. The Labute approximate surface area is 115 Å². The molecule has 2 aromatic rings. The number of amides is 1. The summed E-state index contributed by atoms with van der Waals surface area (Å²) in [5.74, 6) is -1.53. The van der Waals surface area contributed by atoms with E-state index in [1.807, 2.05) is 6.92 Å². The van der Waals surface area contributed by atoms with Gasteiger partial charge in [-0.2, -0.15) is 0 Å². The maximum absolute atomic E-state index is 11.6. The largest absolute Gasteiger partial charge is 0.543 e. The van der Waals surface area contributed by atoms with Gasteiger partial charge in [-0.3, -0.25) is 4.79 Å². The lowest BCUT2D eigenvalue weighted by atomic mass is 10.2. The van der Waals surface area contributed by atoms with Crippen molar-refractivity contribution in [1.82, 2.24) is 20.3 Å². The van der Waals surface area contributed by atoms with Crippen LogP contribution >= 0.6 is 0 Å². The molecule has 0 aliphatic carbocycles. The summed E-state index contributed by atoms with van der Waals surface area (Å²) in [5.41, 5.74) is 1.32. The van der Waals surface area contributed by atoms with E-state index in [4.69, 9.17) is 0 Å². The van der Waals surface area contributed by atoms with Crippen molar-refractivity contribution in [2.24, 2.45) is 0 Å². The number of rotatable bonds is 4. The van der Waals surface area contributed by atoms with E-state index < -0.39 is 5.97 Å². The third-order valence-electron chi connectivity index (χ3n) is 2.80. The van der Waals surface area contributed by atoms with Gasteiger partial charge in [0.1, 0.15) is 5.69 Å². The number of benzene rings is 1. The summed E-state index contributed by atoms with van der Waals surface area (Å²) >= 11 is 0. The van der Waals surface area contributed by atoms with E-state index in [9.17, 15) is 14.7 Å². The Hall–Kier alpha value is -2.70. The standard InChI is InChI=1S/C13H14N4O3/c1-3-14-12(18)9-4-6-10(7-5-9)17-8(2)11(13(19)20)15-16-17/h4-7H,3H2,1-2H3,(H,14,18)(H,19,20)/p-1. The molecule has 7 nitrogen and oxygen atoms in total. The second-order valence-electron chi connectivity index (χ2n) is 4.13. The normalized spacial score (nSPS) is 10.3. The number of aromatic carboxylic acids is 1. The molecular formula is C13H13N4O3-. The highest BCUT2D eigenvalue weighted by atomic mass is 16.4. The van der Waals surface area contributed by atoms with Crippen molar-refractivity contribution < 1.29 is 14.7 Å². The van der Waals surface area contributed by atoms with E-state index in [0.717, 1.165) is 0 Å². The van der Waals surface area contributed by atoms with Crippen molar-refractivity contribution in [2.45, 2.75) is 13.8 Å². The molecular weight excluding hydrogens is 260 g/mol. The van der Waals surface area contributed by atoms with Gasteiger partial charge in [0.25, 0.3) is 5.91 Å². The molecule has 0 saturated carbocycles. The second-order valence-corrected chi connectivity index (χ2v) is 4.13. The average molecular weight is 273 g/mol. The summed E-state index contributed by atoms with van der Waals surface area (Å²) in [6.07, 6.45) is 0. The van der Waals surface area contributed by atoms with E-state index in [2.05, 4.69) is 15.6 Å². The van der Waals surface area contributed by atoms with Crippen molar-refractivity contribution in [3.8, 4) is 5.69 Å². The molecule has 0 spiro atoms. The van der Waals surface area contributed by atoms with Crippen LogP contribution < -0.4 is 10.4 Å². The Kier molecular flexibility index (Phi) is 3.79. The number of hydrogen-bond acceptors (Lipinski definition) is 5. The number of carbonyl (C=O) groups is 2. The zero-order valence-corrected chi connectivity index (χ0v) is 11.1. The van der Waals surface area contributed by atoms with E-state index in [1.54, 1.807) is 31.2 Å². The molecule has 0 radical (unpaired) electrons. The molecule has 2 rings (SSSR count). The number of aromatic nitrogens is 3. The van der Waals surface area contributed by atoms with Gasteiger partial charge < -0.3 is 15.2 Å². The molecule has 0 atom stereocenters. The topological polar surface area (TPSA) is 99.9 Å². The van der Waals surface area contributed by atoms with Crippen molar-refractivity contribution >= 4 is 11.9 Å². The van der Waals surface area contributed by atoms with Crippen LogP contribution in [0.1, 0.15) is 33.5 Å². The van der Waals surface area contributed by atoms with Gasteiger partial charge in [0.15, 0.2) is 0 Å². The molecule has 0 aliphatic heterocycles. The van der Waals surface area contributed by atoms with Crippen LogP contribution in [0.25, 0.3) is 5.69 Å². The van der Waals surface area contributed by atoms with Crippen molar-refractivity contribution in [3.05, 3.63) is 41.2 Å². The van der Waals surface area contributed by atoms with Crippen LogP contribution in [-0.2, 0) is 0 Å². The highest BCUT2D eigenvalue weighted by Crippen LogP contribution is 2.13. The van der Waals surface area contributed by atoms with Crippen LogP contribution in [0.3, 0.4) is 0 Å². The minimum Gasteiger partial charge on any atom is -0.543 e. The first kappa shape index (κ1) is 13.7. The van der Waals surface area contributed by atoms with Gasteiger partial charge >= 0.3 is 0 Å². The number of carboxylic acids is 1. The Morgan fingerprint density at radius 2 is 1.95 bits per heavy atom. The van der Waals surface area contributed by atoms with Crippen LogP contribution in [0.4, 0.5) is 0 Å². The minimum atomic E-state index is -1.37. The maximum Gasteiger partial charge on any atom is 0.251 e. The van der Waals surface area contributed by atoms with Crippen molar-refractivity contribution in [2.75, 3.05) is 6.54 Å². The minimum absolute atomic E-state index is 0.162. The fraction of sp³-hybridized carbons (Fsp3) is 0.231. The smallest absolute Gasteiger partial charge is 0.251 e. The Morgan fingerprint density at radius 1 is 1.30 bits per heavy atom. The molecule has 7 heteroatoms. The summed E-state index contributed by atoms with van der Waals surface area (Å²) in [4.78, 5) is 22.4. The lowest BCUT2D eigenvalue weighted by Crippen LogP contribution is -2.23. The van der Waals surface area contributed by atoms with Crippen LogP contribution in [-0.4, -0.2) is 33.4 Å². The van der Waals surface area contributed by atoms with Gasteiger partial charge in [0.05, 0.1) is 17.4 Å². The number of carboxylic acid groups (broad SMARTS) is 1. The van der Waals surface area contributed by atoms with E-state index in [-0.39, 0.29) is 11.6 Å². The molecule has 0 unspecified atom stereocenters. The summed E-state index contributed by atoms with van der Waals surface area (Å²) < 4.78 is 1.38. The zero-order chi connectivity index (χ0) is 14.7. The fourth-order valence-electron chi connectivity index (χ4n) is 1.78. The lowest BCUT2D eigenvalue weighted by Gasteiger charge is -2.06. The number of nitrogens with zero attached hydrogens (tertiary/aromatic N) is 3. The van der Waals surface area contributed by atoms with E-state index >= 15 is 0 Å². The van der Waals surface area contributed by atoms with Gasteiger partial charge in [-0.15, -0.1) is 5.10 Å². The van der Waals surface area contributed by atoms with Crippen LogP contribution in [0.15, 0.2) is 24.3 Å². The predicted octanol–water partition coefficient (Wildman–Crippen LogP) is -0.311. The molecule has 0 saturated heterocycles. The monoisotopic (exact) mass is 273 g/mol. The van der Waals surface area contributed by atoms with Gasteiger partial charge in [-0.25, -0.2) is 4.68 Å². The number of hydrogen-bond donors (Lipinski definition) is 1.